The number of nitrogens with one attached hydrogen (secondary N) is 3. The minimum absolute atomic E-state index is 0.00930. The number of azo groups is 2. The van der Waals surface area contributed by atoms with E-state index in [2.05, 4.69) is 105 Å². The van der Waals surface area contributed by atoms with Gasteiger partial charge in [-0.15, -0.1) is 24.8 Å². The zero-order chi connectivity index (χ0) is 59.2. The van der Waals surface area contributed by atoms with Gasteiger partial charge in [-0.2, -0.15) is 61.1 Å². The van der Waals surface area contributed by atoms with E-state index in [4.69, 9.17) is 38.9 Å². The Morgan fingerprint density at radius 3 is 2.01 bits per heavy atom. The lowest BCUT2D eigenvalue weighted by Crippen LogP contribution is -2.05. The van der Waals surface area contributed by atoms with Crippen molar-refractivity contribution in [1.82, 2.24) is 29.9 Å². The second kappa shape index (κ2) is 27.5. The van der Waals surface area contributed by atoms with E-state index in [1.165, 1.54) is 66.7 Å². The number of carbonyl (C=O) groups excluding carboxylic acids is 1. The molecule has 0 aliphatic heterocycles. The first kappa shape index (κ1) is 61.4. The molecular formula is C40H26Cl2N16O18S6. The fraction of sp³-hybridized carbons (Fsp3) is 0. The molecule has 7 rings (SSSR count). The number of hydrogen-bond donors (Lipinski definition) is 9. The number of halogens is 2. The number of fused-ring (bicyclic) bond motifs is 1. The lowest BCUT2D eigenvalue weighted by Gasteiger charge is -2.13. The maximum absolute atomic E-state index is 12.7. The molecule has 7 aromatic rings. The number of hydrogen-bond acceptors (Lipinski definition) is 33. The van der Waals surface area contributed by atoms with Crippen LogP contribution in [0.1, 0.15) is 0 Å². The SMILES string of the molecule is NOC=Nc1cc(Nc2nc(Cl)nc(Nc3cc(N=CC=O)c(S(=O)(=O)O)cc3N=Nc3cc(Nc4nc(Cl)nc(SC(=O)O)n4)ccc3SOOO)n2)ccc1N=Nc1ccc2cc(SC#COOS(=O)(=O)O)ccc2c1S(=O)(=O)O. The number of nitrogens with zero attached hydrogens (tertiary/aromatic N) is 12. The van der Waals surface area contributed by atoms with Crippen LogP contribution in [0.4, 0.5) is 73.8 Å². The normalized spacial score (nSPS) is 12.0. The van der Waals surface area contributed by atoms with Crippen molar-refractivity contribution in [2.75, 3.05) is 16.0 Å². The summed E-state index contributed by atoms with van der Waals surface area (Å²) in [7, 11) is -15.0. The molecule has 0 saturated carbocycles. The van der Waals surface area contributed by atoms with Crippen molar-refractivity contribution < 1.29 is 82.3 Å². The van der Waals surface area contributed by atoms with Crippen molar-refractivity contribution in [1.29, 1.82) is 0 Å². The number of nitrogens with two attached hydrogens (primary N) is 1. The fourth-order valence-corrected chi connectivity index (χ4v) is 9.55. The Morgan fingerprint density at radius 1 is 0.695 bits per heavy atom. The molecule has 2 aromatic heterocycles. The predicted octanol–water partition coefficient (Wildman–Crippen LogP) is 9.48. The molecule has 42 heteroatoms. The maximum Gasteiger partial charge on any atom is 0.433 e. The summed E-state index contributed by atoms with van der Waals surface area (Å²) in [4.78, 5) is 62.1. The Bertz CT molecular complexity index is 4180. The number of carboxylic acid groups (broad SMARTS) is 1. The number of aromatic nitrogens is 6. The highest BCUT2D eigenvalue weighted by atomic mass is 35.5. The summed E-state index contributed by atoms with van der Waals surface area (Å²) in [5.41, 5.74) is -1.19. The van der Waals surface area contributed by atoms with Crippen LogP contribution >= 0.6 is 58.8 Å². The van der Waals surface area contributed by atoms with Gasteiger partial charge in [-0.05, 0) is 111 Å². The quantitative estimate of drug-likeness (QED) is 0.00275. The number of benzene rings is 5. The molecule has 0 aliphatic carbocycles. The average molecular weight is 1280 g/mol. The smallest absolute Gasteiger partial charge is 0.433 e. The lowest BCUT2D eigenvalue weighted by molar-refractivity contribution is -0.432. The second-order valence-corrected chi connectivity index (χ2v) is 21.4. The van der Waals surface area contributed by atoms with Crippen molar-refractivity contribution in [3.05, 3.63) is 89.4 Å². The summed E-state index contributed by atoms with van der Waals surface area (Å²) in [6.07, 6.45) is 3.61. The molecule has 0 radical (unpaired) electrons. The summed E-state index contributed by atoms with van der Waals surface area (Å²) in [5.74, 6) is 4.38. The molecule has 34 nitrogen and oxygen atoms in total. The van der Waals surface area contributed by atoms with Crippen LogP contribution in [0.3, 0.4) is 0 Å². The minimum atomic E-state index is -5.11. The van der Waals surface area contributed by atoms with E-state index < -0.39 is 56.7 Å². The molecule has 2 heterocycles. The third kappa shape index (κ3) is 17.6. The molecule has 0 fully saturated rings. The van der Waals surface area contributed by atoms with Gasteiger partial charge in [-0.3, -0.25) is 28.3 Å². The van der Waals surface area contributed by atoms with Gasteiger partial charge in [0.15, 0.2) is 12.4 Å². The molecule has 424 valence electrons. The molecule has 0 aliphatic rings. The van der Waals surface area contributed by atoms with Gasteiger partial charge in [-0.25, -0.2) is 15.0 Å². The molecule has 0 atom stereocenters. The highest BCUT2D eigenvalue weighted by molar-refractivity contribution is 8.13. The molecule has 0 bridgehead atoms. The Morgan fingerprint density at radius 2 is 1.34 bits per heavy atom. The van der Waals surface area contributed by atoms with E-state index >= 15 is 0 Å². The number of anilines is 6. The minimum Gasteiger partial charge on any atom is -0.473 e. The summed E-state index contributed by atoms with van der Waals surface area (Å²) in [6, 6.07) is 17.0. The van der Waals surface area contributed by atoms with Crippen molar-refractivity contribution in [2.24, 2.45) is 36.3 Å². The van der Waals surface area contributed by atoms with Crippen molar-refractivity contribution in [3.63, 3.8) is 0 Å². The Kier molecular flexibility index (Phi) is 20.6. The highest BCUT2D eigenvalue weighted by Crippen LogP contribution is 2.42. The summed E-state index contributed by atoms with van der Waals surface area (Å²) in [6.45, 7) is 0. The van der Waals surface area contributed by atoms with Crippen LogP contribution in [0.25, 0.3) is 10.8 Å². The van der Waals surface area contributed by atoms with Crippen LogP contribution in [0.15, 0.2) is 134 Å². The molecular weight excluding hydrogens is 1260 g/mol. The Labute approximate surface area is 480 Å². The Hall–Kier alpha value is -8.22. The van der Waals surface area contributed by atoms with Crippen LogP contribution in [0.2, 0.25) is 10.6 Å². The molecule has 82 heavy (non-hydrogen) atoms. The average Bonchev–Trinajstić information content (AvgIpc) is 3.61. The number of thioether (sulfide) groups is 2. The molecule has 0 unspecified atom stereocenters. The standard InChI is InChI=1S/C40H26Cl2N16O18S6/c41-34-49-36(46-20-2-7-24(26(14-20)45-18-72-43)55-56-25-6-1-19-13-22(77-12-11-73-76-82(69,70)71)4-5-23(19)33(25)81(66,67)68)53-38(50-34)48-27-16-30(44-9-10-59)32(80(63,64)65)17-28(27)57-58-29-15-21(3-8-31(29)79-75-74-62)47-37-51-35(42)52-39(54-37)78-40(60)61/h1-10,13-18,62H,43H2,(H,60,61)(H,63,64,65)(H,66,67,68)(H,69,70,71)(H,47,51,52,54)(H2,46,48,49,50,53). The van der Waals surface area contributed by atoms with E-state index in [1.807, 2.05) is 6.11 Å². The topological polar surface area (TPSA) is 497 Å². The summed E-state index contributed by atoms with van der Waals surface area (Å²) >= 11 is 13.8. The summed E-state index contributed by atoms with van der Waals surface area (Å²) < 4.78 is 109. The molecule has 10 N–H and O–H groups in total. The van der Waals surface area contributed by atoms with Gasteiger partial charge in [0, 0.05) is 38.7 Å². The maximum atomic E-state index is 12.7. The van der Waals surface area contributed by atoms with Crippen molar-refractivity contribution in [3.8, 4) is 11.4 Å². The van der Waals surface area contributed by atoms with E-state index in [0.29, 0.717) is 23.2 Å². The van der Waals surface area contributed by atoms with Crippen LogP contribution in [-0.2, 0) is 58.9 Å². The van der Waals surface area contributed by atoms with Crippen molar-refractivity contribution in [2.45, 2.75) is 24.7 Å². The van der Waals surface area contributed by atoms with Gasteiger partial charge >= 0.3 is 15.7 Å². The Balaban J connectivity index is 1.20. The van der Waals surface area contributed by atoms with Crippen LogP contribution in [0.5, 0.6) is 0 Å². The molecule has 0 spiro atoms. The highest BCUT2D eigenvalue weighted by Gasteiger charge is 2.23. The molecule has 0 saturated heterocycles. The number of aldehydes is 1. The zero-order valence-corrected chi connectivity index (χ0v) is 45.8. The van der Waals surface area contributed by atoms with Gasteiger partial charge in [0.1, 0.15) is 32.5 Å². The molecule has 5 aromatic carbocycles. The van der Waals surface area contributed by atoms with Gasteiger partial charge in [0.25, 0.3) is 20.2 Å². The number of rotatable bonds is 23. The number of aliphatic imine (C=N–C) groups is 2. The van der Waals surface area contributed by atoms with Crippen LogP contribution < -0.4 is 21.8 Å². The monoisotopic (exact) mass is 1280 g/mol. The third-order valence-corrected chi connectivity index (χ3v) is 13.5. The van der Waals surface area contributed by atoms with Gasteiger partial charge in [-0.1, -0.05) is 17.2 Å². The van der Waals surface area contributed by atoms with Gasteiger partial charge in [0.2, 0.25) is 40.0 Å². The second-order valence-electron chi connectivity index (χ2n) is 14.5. The zero-order valence-electron chi connectivity index (χ0n) is 39.4. The fourth-order valence-electron chi connectivity index (χ4n) is 6.24. The predicted molar refractivity (Wildman–Crippen MR) is 290 cm³/mol. The first-order chi connectivity index (χ1) is 39.0. The lowest BCUT2D eigenvalue weighted by atomic mass is 10.1. The van der Waals surface area contributed by atoms with Crippen LogP contribution in [-0.4, -0.2) is 103 Å². The van der Waals surface area contributed by atoms with E-state index in [-0.39, 0.29) is 108 Å². The number of carbonyl (C=O) groups is 2. The van der Waals surface area contributed by atoms with E-state index in [9.17, 15) is 49.1 Å². The largest absolute Gasteiger partial charge is 0.473 e. The van der Waals surface area contributed by atoms with Gasteiger partial charge < -0.3 is 25.9 Å². The first-order valence-electron chi connectivity index (χ1n) is 20.8. The molecule has 0 amide bonds. The summed E-state index contributed by atoms with van der Waals surface area (Å²) in [5, 5.41) is 47.1. The van der Waals surface area contributed by atoms with Crippen molar-refractivity contribution >= 4 is 193 Å². The van der Waals surface area contributed by atoms with E-state index in [1.54, 1.807) is 0 Å². The third-order valence-electron chi connectivity index (χ3n) is 9.19. The van der Waals surface area contributed by atoms with E-state index in [0.717, 1.165) is 30.3 Å². The van der Waals surface area contributed by atoms with Crippen LogP contribution in [0, 0.1) is 11.4 Å². The van der Waals surface area contributed by atoms with Gasteiger partial charge in [0.05, 0.1) is 40.2 Å². The first-order valence-corrected chi connectivity index (χ1v) is 28.2.